The number of ether oxygens (including phenoxy) is 3. The van der Waals surface area contributed by atoms with E-state index in [1.807, 2.05) is 31.7 Å². The molecule has 2 unspecified atom stereocenters. The Hall–Kier alpha value is -1.98. The topological polar surface area (TPSA) is 60.9 Å². The first-order valence-corrected chi connectivity index (χ1v) is 8.48. The Balaban J connectivity index is 1.50. The first kappa shape index (κ1) is 16.9. The number of likely N-dealkylation sites (tertiary alicyclic amines) is 1. The molecule has 0 aromatic carbocycles. The van der Waals surface area contributed by atoms with Crippen molar-refractivity contribution in [1.29, 1.82) is 0 Å². The smallest absolute Gasteiger partial charge is 0.410 e. The lowest BCUT2D eigenvalue weighted by Crippen LogP contribution is -2.36. The van der Waals surface area contributed by atoms with Crippen molar-refractivity contribution in [3.8, 4) is 11.6 Å². The molecule has 3 rings (SSSR count). The van der Waals surface area contributed by atoms with Crippen LogP contribution in [0.2, 0.25) is 0 Å². The molecule has 1 aliphatic heterocycles. The Bertz CT molecular complexity index is 568. The SMILES string of the molecule is COc1ccc(OC2CC3CN(C(=O)OC(C)(C)C)CC3C2)cn1. The van der Waals surface area contributed by atoms with E-state index in [9.17, 15) is 4.79 Å². The highest BCUT2D eigenvalue weighted by Crippen LogP contribution is 2.40. The Labute approximate surface area is 143 Å². The number of amides is 1. The van der Waals surface area contributed by atoms with E-state index in [0.29, 0.717) is 17.7 Å². The van der Waals surface area contributed by atoms with Crippen molar-refractivity contribution in [2.75, 3.05) is 20.2 Å². The number of carbonyl (C=O) groups excluding carboxylic acids is 1. The number of pyridine rings is 1. The number of fused-ring (bicyclic) bond motifs is 1. The molecule has 0 N–H and O–H groups in total. The van der Waals surface area contributed by atoms with Gasteiger partial charge in [0, 0.05) is 19.2 Å². The van der Waals surface area contributed by atoms with Crippen LogP contribution in [0.15, 0.2) is 18.3 Å². The van der Waals surface area contributed by atoms with Crippen LogP contribution in [0.3, 0.4) is 0 Å². The average Bonchev–Trinajstić information content (AvgIpc) is 3.04. The molecule has 6 heteroatoms. The second-order valence-electron chi connectivity index (χ2n) is 7.65. The number of methoxy groups -OCH3 is 1. The van der Waals surface area contributed by atoms with Gasteiger partial charge in [0.1, 0.15) is 11.4 Å². The zero-order chi connectivity index (χ0) is 17.3. The Morgan fingerprint density at radius 2 is 1.88 bits per heavy atom. The van der Waals surface area contributed by atoms with Crippen molar-refractivity contribution < 1.29 is 19.0 Å². The fraction of sp³-hybridized carbons (Fsp3) is 0.667. The van der Waals surface area contributed by atoms with Crippen LogP contribution in [0.4, 0.5) is 4.79 Å². The summed E-state index contributed by atoms with van der Waals surface area (Å²) in [6.07, 6.45) is 3.62. The summed E-state index contributed by atoms with van der Waals surface area (Å²) in [5, 5.41) is 0. The van der Waals surface area contributed by atoms with E-state index < -0.39 is 5.60 Å². The van der Waals surface area contributed by atoms with E-state index in [0.717, 1.165) is 31.7 Å². The minimum atomic E-state index is -0.443. The molecule has 2 atom stereocenters. The van der Waals surface area contributed by atoms with E-state index in [1.165, 1.54) is 0 Å². The molecule has 2 fully saturated rings. The molecule has 0 radical (unpaired) electrons. The third kappa shape index (κ3) is 3.91. The summed E-state index contributed by atoms with van der Waals surface area (Å²) in [4.78, 5) is 18.2. The number of carbonyl (C=O) groups is 1. The molecule has 2 aliphatic rings. The fourth-order valence-corrected chi connectivity index (χ4v) is 3.57. The van der Waals surface area contributed by atoms with E-state index in [4.69, 9.17) is 14.2 Å². The monoisotopic (exact) mass is 334 g/mol. The summed E-state index contributed by atoms with van der Waals surface area (Å²) in [5.41, 5.74) is -0.443. The highest BCUT2D eigenvalue weighted by atomic mass is 16.6. The van der Waals surface area contributed by atoms with Gasteiger partial charge < -0.3 is 19.1 Å². The third-order valence-electron chi connectivity index (χ3n) is 4.58. The van der Waals surface area contributed by atoms with Crippen LogP contribution >= 0.6 is 0 Å². The molecular weight excluding hydrogens is 308 g/mol. The van der Waals surface area contributed by atoms with Gasteiger partial charge in [-0.05, 0) is 51.5 Å². The molecule has 0 bridgehead atoms. The molecule has 1 saturated carbocycles. The van der Waals surface area contributed by atoms with E-state index >= 15 is 0 Å². The first-order valence-electron chi connectivity index (χ1n) is 8.48. The third-order valence-corrected chi connectivity index (χ3v) is 4.58. The largest absolute Gasteiger partial charge is 0.489 e. The Kier molecular flexibility index (Phi) is 4.56. The van der Waals surface area contributed by atoms with Gasteiger partial charge in [-0.25, -0.2) is 9.78 Å². The Morgan fingerprint density at radius 3 is 2.38 bits per heavy atom. The van der Waals surface area contributed by atoms with Gasteiger partial charge in [-0.2, -0.15) is 0 Å². The lowest BCUT2D eigenvalue weighted by atomic mass is 10.0. The van der Waals surface area contributed by atoms with Crippen LogP contribution in [-0.2, 0) is 4.74 Å². The number of hydrogen-bond acceptors (Lipinski definition) is 5. The summed E-state index contributed by atoms with van der Waals surface area (Å²) in [6, 6.07) is 3.68. The predicted octanol–water partition coefficient (Wildman–Crippen LogP) is 3.11. The van der Waals surface area contributed by atoms with Crippen LogP contribution in [0.1, 0.15) is 33.6 Å². The van der Waals surface area contributed by atoms with Gasteiger partial charge in [0.2, 0.25) is 5.88 Å². The van der Waals surface area contributed by atoms with Gasteiger partial charge in [0.25, 0.3) is 0 Å². The van der Waals surface area contributed by atoms with Crippen molar-refractivity contribution in [2.45, 2.75) is 45.3 Å². The van der Waals surface area contributed by atoms with Crippen molar-refractivity contribution in [3.63, 3.8) is 0 Å². The molecule has 1 aromatic heterocycles. The first-order chi connectivity index (χ1) is 11.3. The summed E-state index contributed by atoms with van der Waals surface area (Å²) < 4.78 is 16.6. The summed E-state index contributed by atoms with van der Waals surface area (Å²) in [6.45, 7) is 7.22. The highest BCUT2D eigenvalue weighted by molar-refractivity contribution is 5.68. The molecule has 1 amide bonds. The zero-order valence-electron chi connectivity index (χ0n) is 14.8. The van der Waals surface area contributed by atoms with Crippen molar-refractivity contribution in [2.24, 2.45) is 11.8 Å². The van der Waals surface area contributed by atoms with Crippen LogP contribution < -0.4 is 9.47 Å². The normalized spacial score (nSPS) is 26.2. The van der Waals surface area contributed by atoms with Crippen LogP contribution in [0, 0.1) is 11.8 Å². The zero-order valence-corrected chi connectivity index (χ0v) is 14.8. The van der Waals surface area contributed by atoms with E-state index in [-0.39, 0.29) is 12.2 Å². The maximum atomic E-state index is 12.2. The standard InChI is InChI=1S/C18H26N2O4/c1-18(2,3)24-17(21)20-10-12-7-15(8-13(12)11-20)23-14-5-6-16(22-4)19-9-14/h5-6,9,12-13,15H,7-8,10-11H2,1-4H3. The summed E-state index contributed by atoms with van der Waals surface area (Å²) in [5.74, 6) is 2.34. The van der Waals surface area contributed by atoms with Gasteiger partial charge >= 0.3 is 6.09 Å². The molecule has 132 valence electrons. The fourth-order valence-electron chi connectivity index (χ4n) is 3.57. The van der Waals surface area contributed by atoms with Gasteiger partial charge in [-0.1, -0.05) is 0 Å². The summed E-state index contributed by atoms with van der Waals surface area (Å²) >= 11 is 0. The molecule has 1 aromatic rings. The van der Waals surface area contributed by atoms with Gasteiger partial charge in [0.15, 0.2) is 0 Å². The van der Waals surface area contributed by atoms with E-state index in [1.54, 1.807) is 19.4 Å². The lowest BCUT2D eigenvalue weighted by molar-refractivity contribution is 0.0272. The maximum absolute atomic E-state index is 12.2. The van der Waals surface area contributed by atoms with Gasteiger partial charge in [-0.3, -0.25) is 0 Å². The van der Waals surface area contributed by atoms with Gasteiger partial charge in [-0.15, -0.1) is 0 Å². The Morgan fingerprint density at radius 1 is 1.21 bits per heavy atom. The van der Waals surface area contributed by atoms with Crippen molar-refractivity contribution >= 4 is 6.09 Å². The number of nitrogens with zero attached hydrogens (tertiary/aromatic N) is 2. The predicted molar refractivity (Wildman–Crippen MR) is 89.2 cm³/mol. The van der Waals surface area contributed by atoms with Crippen molar-refractivity contribution in [1.82, 2.24) is 9.88 Å². The van der Waals surface area contributed by atoms with Crippen LogP contribution in [0.5, 0.6) is 11.6 Å². The molecule has 6 nitrogen and oxygen atoms in total. The van der Waals surface area contributed by atoms with E-state index in [2.05, 4.69) is 4.98 Å². The quantitative estimate of drug-likeness (QED) is 0.850. The second kappa shape index (κ2) is 6.49. The van der Waals surface area contributed by atoms with Crippen LogP contribution in [-0.4, -0.2) is 47.9 Å². The number of rotatable bonds is 3. The summed E-state index contributed by atoms with van der Waals surface area (Å²) in [7, 11) is 1.59. The molecule has 2 heterocycles. The lowest BCUT2D eigenvalue weighted by Gasteiger charge is -2.25. The molecule has 1 aliphatic carbocycles. The average molecular weight is 334 g/mol. The number of aromatic nitrogens is 1. The minimum Gasteiger partial charge on any atom is -0.489 e. The molecular formula is C18H26N2O4. The van der Waals surface area contributed by atoms with Gasteiger partial charge in [0.05, 0.1) is 19.4 Å². The van der Waals surface area contributed by atoms with Crippen molar-refractivity contribution in [3.05, 3.63) is 18.3 Å². The highest BCUT2D eigenvalue weighted by Gasteiger charge is 2.44. The van der Waals surface area contributed by atoms with Crippen LogP contribution in [0.25, 0.3) is 0 Å². The minimum absolute atomic E-state index is 0.191. The molecule has 24 heavy (non-hydrogen) atoms. The maximum Gasteiger partial charge on any atom is 0.410 e. The molecule has 1 saturated heterocycles. The molecule has 0 spiro atoms. The second-order valence-corrected chi connectivity index (χ2v) is 7.65. The number of hydrogen-bond donors (Lipinski definition) is 0.